The van der Waals surface area contributed by atoms with Gasteiger partial charge in [-0.15, -0.1) is 0 Å². The van der Waals surface area contributed by atoms with Gasteiger partial charge in [-0.3, -0.25) is 0 Å². The number of ether oxygens (including phenoxy) is 2. The lowest BCUT2D eigenvalue weighted by atomic mass is 10.3. The van der Waals surface area contributed by atoms with E-state index in [1.165, 1.54) is 0 Å². The van der Waals surface area contributed by atoms with Crippen molar-refractivity contribution in [1.82, 2.24) is 15.1 Å². The molecule has 0 aliphatic rings. The third-order valence-corrected chi connectivity index (χ3v) is 3.80. The van der Waals surface area contributed by atoms with Crippen LogP contribution in [0.25, 0.3) is 0 Å². The molecule has 24 heavy (non-hydrogen) atoms. The minimum atomic E-state index is 0.331. The number of aromatic nitrogens is 2. The molecule has 130 valence electrons. The third kappa shape index (κ3) is 6.86. The van der Waals surface area contributed by atoms with E-state index in [9.17, 15) is 0 Å². The average molecular weight is 413 g/mol. The van der Waals surface area contributed by atoms with E-state index < -0.39 is 0 Å². The Balaban J connectivity index is 1.70. The fraction of sp³-hybridized carbons (Fsp3) is 0.375. The fourth-order valence-electron chi connectivity index (χ4n) is 1.87. The summed E-state index contributed by atoms with van der Waals surface area (Å²) in [5.41, 5.74) is 0.816. The second-order valence-electron chi connectivity index (χ2n) is 4.93. The standard InChI is InChI=1S/C16H21BrN4O2S/c1-2-22-9-3-8-18-16(24)20-14-10-19-21(11-14)12-23-15-6-4-13(17)5-7-15/h4-7,10-11H,2-3,8-9,12H2,1H3,(H2,18,20,24). The topological polar surface area (TPSA) is 60.3 Å². The lowest BCUT2D eigenvalue weighted by molar-refractivity contribution is 0.146. The molecule has 8 heteroatoms. The number of thiocarbonyl (C=S) groups is 1. The van der Waals surface area contributed by atoms with Crippen LogP contribution in [-0.2, 0) is 11.5 Å². The van der Waals surface area contributed by atoms with E-state index in [1.807, 2.05) is 37.4 Å². The largest absolute Gasteiger partial charge is 0.471 e. The zero-order valence-electron chi connectivity index (χ0n) is 13.5. The van der Waals surface area contributed by atoms with Crippen LogP contribution in [0.4, 0.5) is 5.69 Å². The number of hydrogen-bond donors (Lipinski definition) is 2. The Labute approximate surface area is 155 Å². The summed E-state index contributed by atoms with van der Waals surface area (Å²) in [6.45, 7) is 4.56. The Kier molecular flexibility index (Phi) is 8.00. The Hall–Kier alpha value is -1.64. The maximum absolute atomic E-state index is 5.66. The molecule has 0 unspecified atom stereocenters. The molecular weight excluding hydrogens is 392 g/mol. The van der Waals surface area contributed by atoms with Crippen molar-refractivity contribution in [3.05, 3.63) is 41.1 Å². The van der Waals surface area contributed by atoms with Gasteiger partial charge in [0.1, 0.15) is 5.75 Å². The van der Waals surface area contributed by atoms with Crippen molar-refractivity contribution in [2.24, 2.45) is 0 Å². The van der Waals surface area contributed by atoms with Gasteiger partial charge in [0.25, 0.3) is 0 Å². The van der Waals surface area contributed by atoms with Crippen molar-refractivity contribution in [1.29, 1.82) is 0 Å². The van der Waals surface area contributed by atoms with Crippen LogP contribution in [0.15, 0.2) is 41.1 Å². The van der Waals surface area contributed by atoms with Crippen LogP contribution in [-0.4, -0.2) is 34.7 Å². The minimum absolute atomic E-state index is 0.331. The predicted octanol–water partition coefficient (Wildman–Crippen LogP) is 3.40. The third-order valence-electron chi connectivity index (χ3n) is 3.02. The molecule has 0 fully saturated rings. The van der Waals surface area contributed by atoms with Gasteiger partial charge in [0.2, 0.25) is 0 Å². The molecule has 1 aromatic heterocycles. The molecule has 0 saturated carbocycles. The number of rotatable bonds is 9. The summed E-state index contributed by atoms with van der Waals surface area (Å²) < 4.78 is 13.6. The zero-order valence-corrected chi connectivity index (χ0v) is 15.9. The van der Waals surface area contributed by atoms with Crippen molar-refractivity contribution < 1.29 is 9.47 Å². The van der Waals surface area contributed by atoms with E-state index in [0.29, 0.717) is 11.8 Å². The molecule has 1 aromatic carbocycles. The number of anilines is 1. The normalized spacial score (nSPS) is 10.4. The monoisotopic (exact) mass is 412 g/mol. The number of nitrogens with one attached hydrogen (secondary N) is 2. The summed E-state index contributed by atoms with van der Waals surface area (Å²) in [4.78, 5) is 0. The van der Waals surface area contributed by atoms with Crippen LogP contribution in [0.1, 0.15) is 13.3 Å². The van der Waals surface area contributed by atoms with Gasteiger partial charge in [0.05, 0.1) is 18.1 Å². The first-order valence-electron chi connectivity index (χ1n) is 7.71. The summed E-state index contributed by atoms with van der Waals surface area (Å²) in [6, 6.07) is 7.66. The second kappa shape index (κ2) is 10.3. The molecule has 0 bridgehead atoms. The van der Waals surface area contributed by atoms with Gasteiger partial charge in [-0.05, 0) is 49.8 Å². The van der Waals surface area contributed by atoms with Crippen LogP contribution >= 0.6 is 28.1 Å². The maximum atomic E-state index is 5.66. The Morgan fingerprint density at radius 3 is 2.88 bits per heavy atom. The lowest BCUT2D eigenvalue weighted by Crippen LogP contribution is -2.29. The van der Waals surface area contributed by atoms with Crippen molar-refractivity contribution in [3.8, 4) is 5.75 Å². The number of benzene rings is 1. The van der Waals surface area contributed by atoms with Crippen LogP contribution in [0, 0.1) is 0 Å². The molecule has 0 radical (unpaired) electrons. The van der Waals surface area contributed by atoms with Gasteiger partial charge in [-0.2, -0.15) is 5.10 Å². The molecule has 1 heterocycles. The van der Waals surface area contributed by atoms with E-state index in [-0.39, 0.29) is 0 Å². The molecule has 2 aromatic rings. The summed E-state index contributed by atoms with van der Waals surface area (Å²) in [5, 5.41) is 11.0. The van der Waals surface area contributed by atoms with Crippen molar-refractivity contribution in [3.63, 3.8) is 0 Å². The first kappa shape index (κ1) is 18.7. The van der Waals surface area contributed by atoms with Crippen LogP contribution in [0.3, 0.4) is 0 Å². The fourth-order valence-corrected chi connectivity index (χ4v) is 2.35. The maximum Gasteiger partial charge on any atom is 0.180 e. The van der Waals surface area contributed by atoms with E-state index in [0.717, 1.165) is 42.1 Å². The number of hydrogen-bond acceptors (Lipinski definition) is 4. The smallest absolute Gasteiger partial charge is 0.180 e. The molecule has 0 aliphatic carbocycles. The van der Waals surface area contributed by atoms with Crippen LogP contribution in [0.5, 0.6) is 5.75 Å². The molecule has 0 atom stereocenters. The number of halogens is 1. The molecule has 0 aliphatic heterocycles. The van der Waals surface area contributed by atoms with Crippen molar-refractivity contribution in [2.75, 3.05) is 25.1 Å². The van der Waals surface area contributed by atoms with Gasteiger partial charge in [0, 0.05) is 24.2 Å². The number of nitrogens with zero attached hydrogens (tertiary/aromatic N) is 2. The van der Waals surface area contributed by atoms with E-state index in [1.54, 1.807) is 10.9 Å². The first-order valence-corrected chi connectivity index (χ1v) is 8.91. The van der Waals surface area contributed by atoms with Gasteiger partial charge in [0.15, 0.2) is 11.8 Å². The quantitative estimate of drug-likeness (QED) is 0.486. The molecule has 0 saturated heterocycles. The molecule has 0 amide bonds. The van der Waals surface area contributed by atoms with E-state index in [2.05, 4.69) is 31.7 Å². The Morgan fingerprint density at radius 2 is 2.12 bits per heavy atom. The van der Waals surface area contributed by atoms with Crippen LogP contribution < -0.4 is 15.4 Å². The Bertz CT molecular complexity index is 633. The van der Waals surface area contributed by atoms with Crippen molar-refractivity contribution in [2.45, 2.75) is 20.1 Å². The lowest BCUT2D eigenvalue weighted by Gasteiger charge is -2.09. The van der Waals surface area contributed by atoms with E-state index in [4.69, 9.17) is 21.7 Å². The molecule has 2 N–H and O–H groups in total. The summed E-state index contributed by atoms with van der Waals surface area (Å²) in [5.74, 6) is 0.787. The zero-order chi connectivity index (χ0) is 17.2. The van der Waals surface area contributed by atoms with Gasteiger partial charge < -0.3 is 20.1 Å². The minimum Gasteiger partial charge on any atom is -0.471 e. The second-order valence-corrected chi connectivity index (χ2v) is 6.25. The molecule has 0 spiro atoms. The highest BCUT2D eigenvalue weighted by atomic mass is 79.9. The van der Waals surface area contributed by atoms with Gasteiger partial charge in [-0.25, -0.2) is 4.68 Å². The van der Waals surface area contributed by atoms with Gasteiger partial charge >= 0.3 is 0 Å². The van der Waals surface area contributed by atoms with Crippen LogP contribution in [0.2, 0.25) is 0 Å². The highest BCUT2D eigenvalue weighted by molar-refractivity contribution is 9.10. The summed E-state index contributed by atoms with van der Waals surface area (Å²) in [6.07, 6.45) is 4.46. The van der Waals surface area contributed by atoms with Gasteiger partial charge in [-0.1, -0.05) is 15.9 Å². The first-order chi connectivity index (χ1) is 11.7. The molecule has 6 nitrogen and oxygen atoms in total. The highest BCUT2D eigenvalue weighted by Gasteiger charge is 2.02. The average Bonchev–Trinajstić information content (AvgIpc) is 3.01. The predicted molar refractivity (Wildman–Crippen MR) is 102 cm³/mol. The highest BCUT2D eigenvalue weighted by Crippen LogP contribution is 2.16. The summed E-state index contributed by atoms with van der Waals surface area (Å²) in [7, 11) is 0. The molecule has 2 rings (SSSR count). The van der Waals surface area contributed by atoms with E-state index >= 15 is 0 Å². The Morgan fingerprint density at radius 1 is 1.33 bits per heavy atom. The summed E-state index contributed by atoms with van der Waals surface area (Å²) >= 11 is 8.63. The SMILES string of the molecule is CCOCCCNC(=S)Nc1cnn(COc2ccc(Br)cc2)c1. The molecular formula is C16H21BrN4O2S. The van der Waals surface area contributed by atoms with Crippen molar-refractivity contribution >= 4 is 38.9 Å².